The molecule has 1 saturated heterocycles. The molecule has 0 saturated carbocycles. The third-order valence-corrected chi connectivity index (χ3v) is 7.02. The summed E-state index contributed by atoms with van der Waals surface area (Å²) in [5.74, 6) is 1.54. The zero-order valence-electron chi connectivity index (χ0n) is 20.1. The summed E-state index contributed by atoms with van der Waals surface area (Å²) in [6, 6.07) is 23.4. The van der Waals surface area contributed by atoms with Crippen molar-refractivity contribution in [1.29, 1.82) is 0 Å². The van der Waals surface area contributed by atoms with Crippen molar-refractivity contribution in [2.45, 2.75) is 19.9 Å². The van der Waals surface area contributed by atoms with Gasteiger partial charge in [-0.1, -0.05) is 59.6 Å². The zero-order chi connectivity index (χ0) is 24.8. The van der Waals surface area contributed by atoms with Crippen molar-refractivity contribution >= 4 is 40.0 Å². The average Bonchev–Trinajstić information content (AvgIpc) is 3.34. The van der Waals surface area contributed by atoms with E-state index in [0.717, 1.165) is 39.4 Å². The van der Waals surface area contributed by atoms with Crippen LogP contribution in [-0.4, -0.2) is 56.1 Å². The Kier molecular flexibility index (Phi) is 5.57. The van der Waals surface area contributed by atoms with Crippen LogP contribution in [0.2, 0.25) is 5.02 Å². The number of halogens is 1. The van der Waals surface area contributed by atoms with Crippen LogP contribution in [0.5, 0.6) is 0 Å². The van der Waals surface area contributed by atoms with Crippen LogP contribution in [0, 0.1) is 6.92 Å². The van der Waals surface area contributed by atoms with Gasteiger partial charge in [-0.2, -0.15) is 0 Å². The number of aryl methyl sites for hydroxylation is 1. The Morgan fingerprint density at radius 2 is 1.75 bits per heavy atom. The van der Waals surface area contributed by atoms with Gasteiger partial charge >= 0.3 is 0 Å². The second-order valence-corrected chi connectivity index (χ2v) is 9.72. The van der Waals surface area contributed by atoms with E-state index in [2.05, 4.69) is 22.0 Å². The number of carbonyl (C=O) groups is 1. The highest BCUT2D eigenvalue weighted by atomic mass is 35.5. The van der Waals surface area contributed by atoms with Crippen molar-refractivity contribution in [2.24, 2.45) is 0 Å². The highest BCUT2D eigenvalue weighted by Gasteiger charge is 2.31. The molecule has 0 spiro atoms. The number of nitrogens with zero attached hydrogens (tertiary/aromatic N) is 6. The maximum atomic E-state index is 13.2. The number of fused-ring (bicyclic) bond motifs is 3. The Morgan fingerprint density at radius 1 is 0.972 bits per heavy atom. The number of anilines is 1. The number of carbonyl (C=O) groups excluding carboxylic acids is 1. The maximum Gasteiger partial charge on any atom is 0.254 e. The van der Waals surface area contributed by atoms with Crippen LogP contribution in [-0.2, 0) is 0 Å². The summed E-state index contributed by atoms with van der Waals surface area (Å²) in [5.41, 5.74) is 4.31. The molecule has 0 aliphatic carbocycles. The first-order chi connectivity index (χ1) is 17.5. The van der Waals surface area contributed by atoms with Crippen molar-refractivity contribution in [3.63, 3.8) is 0 Å². The predicted molar refractivity (Wildman–Crippen MR) is 143 cm³/mol. The minimum atomic E-state index is -0.00360. The highest BCUT2D eigenvalue weighted by molar-refractivity contribution is 6.31. The average molecular weight is 497 g/mol. The van der Waals surface area contributed by atoms with Gasteiger partial charge in [0.05, 0.1) is 5.52 Å². The van der Waals surface area contributed by atoms with Gasteiger partial charge in [0.25, 0.3) is 5.91 Å². The van der Waals surface area contributed by atoms with Crippen molar-refractivity contribution in [3.05, 3.63) is 88.9 Å². The molecule has 180 valence electrons. The molecule has 2 aromatic heterocycles. The van der Waals surface area contributed by atoms with Crippen LogP contribution >= 0.6 is 11.6 Å². The van der Waals surface area contributed by atoms with Gasteiger partial charge in [-0.3, -0.25) is 4.79 Å². The number of hydrogen-bond acceptors (Lipinski definition) is 5. The summed E-state index contributed by atoms with van der Waals surface area (Å²) >= 11 is 6.31. The van der Waals surface area contributed by atoms with Crippen molar-refractivity contribution in [3.8, 4) is 11.4 Å². The van der Waals surface area contributed by atoms with Crippen molar-refractivity contribution in [2.75, 3.05) is 24.5 Å². The molecule has 1 amide bonds. The molecule has 1 fully saturated rings. The smallest absolute Gasteiger partial charge is 0.254 e. The molecular weight excluding hydrogens is 472 g/mol. The fourth-order valence-electron chi connectivity index (χ4n) is 4.88. The second-order valence-electron chi connectivity index (χ2n) is 9.28. The van der Waals surface area contributed by atoms with Gasteiger partial charge in [0, 0.05) is 47.2 Å². The first-order valence-corrected chi connectivity index (χ1v) is 12.4. The molecule has 3 heterocycles. The SMILES string of the molecule is Cc1ccc(C(=O)N2CCN(c3nc4cc(Cl)ccc4c4nnc(-c5ccccc5)n34)CC2C)cc1. The summed E-state index contributed by atoms with van der Waals surface area (Å²) in [6.45, 7) is 5.97. The molecule has 5 aromatic rings. The number of aromatic nitrogens is 4. The molecule has 0 bridgehead atoms. The Bertz CT molecular complexity index is 1580. The fraction of sp³-hybridized carbons (Fsp3) is 0.214. The molecule has 7 nitrogen and oxygen atoms in total. The van der Waals surface area contributed by atoms with E-state index in [4.69, 9.17) is 16.6 Å². The topological polar surface area (TPSA) is 66.6 Å². The molecule has 8 heteroatoms. The minimum absolute atomic E-state index is 0.00360. The Balaban J connectivity index is 1.41. The van der Waals surface area contributed by atoms with E-state index < -0.39 is 0 Å². The van der Waals surface area contributed by atoms with Crippen LogP contribution in [0.4, 0.5) is 5.95 Å². The van der Waals surface area contributed by atoms with Crippen LogP contribution < -0.4 is 4.90 Å². The summed E-state index contributed by atoms with van der Waals surface area (Å²) in [5, 5.41) is 10.6. The molecule has 0 radical (unpaired) electrons. The molecule has 1 aliphatic rings. The number of rotatable bonds is 3. The summed E-state index contributed by atoms with van der Waals surface area (Å²) in [4.78, 5) is 22.4. The lowest BCUT2D eigenvalue weighted by atomic mass is 10.1. The van der Waals surface area contributed by atoms with Crippen molar-refractivity contribution < 1.29 is 4.79 Å². The molecule has 1 unspecified atom stereocenters. The summed E-state index contributed by atoms with van der Waals surface area (Å²) < 4.78 is 2.02. The quantitative estimate of drug-likeness (QED) is 0.341. The molecule has 6 rings (SSSR count). The molecular formula is C28H25ClN6O. The summed E-state index contributed by atoms with van der Waals surface area (Å²) in [6.07, 6.45) is 0. The van der Waals surface area contributed by atoms with Gasteiger partial charge in [0.15, 0.2) is 11.5 Å². The van der Waals surface area contributed by atoms with Gasteiger partial charge in [0.1, 0.15) is 0 Å². The molecule has 36 heavy (non-hydrogen) atoms. The van der Waals surface area contributed by atoms with Gasteiger partial charge in [-0.15, -0.1) is 10.2 Å². The van der Waals surface area contributed by atoms with E-state index in [1.54, 1.807) is 0 Å². The molecule has 3 aromatic carbocycles. The number of amides is 1. The van der Waals surface area contributed by atoms with E-state index in [1.165, 1.54) is 0 Å². The van der Waals surface area contributed by atoms with Crippen LogP contribution in [0.3, 0.4) is 0 Å². The standard InChI is InChI=1S/C28H25ClN6O/c1-18-8-10-21(11-9-18)27(36)34-15-14-33(17-19(34)2)28-30-24-16-22(29)12-13-23(24)26-32-31-25(35(26)28)20-6-4-3-5-7-20/h3-13,16,19H,14-15,17H2,1-2H3. The molecule has 0 N–H and O–H groups in total. The zero-order valence-corrected chi connectivity index (χ0v) is 20.9. The lowest BCUT2D eigenvalue weighted by Crippen LogP contribution is -2.54. The van der Waals surface area contributed by atoms with Gasteiger partial charge < -0.3 is 9.80 Å². The number of benzene rings is 3. The van der Waals surface area contributed by atoms with Gasteiger partial charge in [0.2, 0.25) is 5.95 Å². The van der Waals surface area contributed by atoms with E-state index in [1.807, 2.05) is 89.0 Å². The largest absolute Gasteiger partial charge is 0.338 e. The normalized spacial score (nSPS) is 16.1. The third-order valence-electron chi connectivity index (χ3n) is 6.79. The van der Waals surface area contributed by atoms with Crippen molar-refractivity contribution in [1.82, 2.24) is 24.5 Å². The number of hydrogen-bond donors (Lipinski definition) is 0. The number of piperazine rings is 1. The fourth-order valence-corrected chi connectivity index (χ4v) is 5.05. The summed E-state index contributed by atoms with van der Waals surface area (Å²) in [7, 11) is 0. The van der Waals surface area contributed by atoms with E-state index in [-0.39, 0.29) is 11.9 Å². The van der Waals surface area contributed by atoms with E-state index >= 15 is 0 Å². The van der Waals surface area contributed by atoms with E-state index in [9.17, 15) is 4.79 Å². The van der Waals surface area contributed by atoms with Gasteiger partial charge in [-0.05, 0) is 44.2 Å². The Hall–Kier alpha value is -3.97. The second kappa shape index (κ2) is 8.91. The Morgan fingerprint density at radius 3 is 2.50 bits per heavy atom. The van der Waals surface area contributed by atoms with E-state index in [0.29, 0.717) is 30.2 Å². The van der Waals surface area contributed by atoms with Crippen LogP contribution in [0.15, 0.2) is 72.8 Å². The van der Waals surface area contributed by atoms with Crippen LogP contribution in [0.1, 0.15) is 22.8 Å². The first kappa shape index (κ1) is 22.5. The minimum Gasteiger partial charge on any atom is -0.338 e. The lowest BCUT2D eigenvalue weighted by Gasteiger charge is -2.40. The van der Waals surface area contributed by atoms with Gasteiger partial charge in [-0.25, -0.2) is 9.38 Å². The Labute approximate surface area is 214 Å². The maximum absolute atomic E-state index is 13.2. The third kappa shape index (κ3) is 3.85. The lowest BCUT2D eigenvalue weighted by molar-refractivity contribution is 0.0673. The predicted octanol–water partition coefficient (Wildman–Crippen LogP) is 5.26. The molecule has 1 aliphatic heterocycles. The monoisotopic (exact) mass is 496 g/mol. The highest BCUT2D eigenvalue weighted by Crippen LogP contribution is 2.31. The first-order valence-electron chi connectivity index (χ1n) is 12.0. The van der Waals surface area contributed by atoms with Crippen LogP contribution in [0.25, 0.3) is 27.9 Å². The molecule has 1 atom stereocenters.